The summed E-state index contributed by atoms with van der Waals surface area (Å²) in [6.45, 7) is 0.922. The molecule has 0 amide bonds. The quantitative estimate of drug-likeness (QED) is 0.555. The molecule has 1 aromatic heterocycles. The predicted molar refractivity (Wildman–Crippen MR) is 92.4 cm³/mol. The molecule has 0 saturated heterocycles. The van der Waals surface area contributed by atoms with Crippen molar-refractivity contribution < 1.29 is 4.42 Å². The zero-order valence-electron chi connectivity index (χ0n) is 12.3. The molecular formula is C20H17NO. The highest BCUT2D eigenvalue weighted by molar-refractivity contribution is 6.05. The number of hydrogen-bond acceptors (Lipinski definition) is 2. The standard InChI is InChI=1S/C20H17NO/c1-2-6-15(7-3-1)12-13-21-16-10-11-20-18(14-16)17-8-4-5-9-19(17)22-20/h1-11,14,21H,12-13H2. The minimum atomic E-state index is 0.922. The minimum absolute atomic E-state index is 0.922. The van der Waals surface area contributed by atoms with Crippen LogP contribution in [0.2, 0.25) is 0 Å². The number of benzene rings is 3. The maximum absolute atomic E-state index is 5.85. The monoisotopic (exact) mass is 287 g/mol. The van der Waals surface area contributed by atoms with Gasteiger partial charge in [-0.1, -0.05) is 48.5 Å². The van der Waals surface area contributed by atoms with Crippen LogP contribution in [-0.4, -0.2) is 6.54 Å². The van der Waals surface area contributed by atoms with Gasteiger partial charge in [0.05, 0.1) is 0 Å². The molecule has 0 aliphatic carbocycles. The molecule has 0 atom stereocenters. The van der Waals surface area contributed by atoms with E-state index in [1.165, 1.54) is 16.3 Å². The van der Waals surface area contributed by atoms with E-state index in [4.69, 9.17) is 4.42 Å². The Morgan fingerprint density at radius 3 is 2.41 bits per heavy atom. The maximum atomic E-state index is 5.85. The summed E-state index contributed by atoms with van der Waals surface area (Å²) >= 11 is 0. The molecule has 1 heterocycles. The summed E-state index contributed by atoms with van der Waals surface area (Å²) < 4.78 is 5.85. The van der Waals surface area contributed by atoms with E-state index in [0.29, 0.717) is 0 Å². The molecule has 22 heavy (non-hydrogen) atoms. The molecule has 2 nitrogen and oxygen atoms in total. The van der Waals surface area contributed by atoms with E-state index >= 15 is 0 Å². The number of hydrogen-bond donors (Lipinski definition) is 1. The summed E-state index contributed by atoms with van der Waals surface area (Å²) in [6.07, 6.45) is 1.02. The van der Waals surface area contributed by atoms with E-state index in [9.17, 15) is 0 Å². The summed E-state index contributed by atoms with van der Waals surface area (Å²) in [5, 5.41) is 5.84. The summed E-state index contributed by atoms with van der Waals surface area (Å²) in [5.74, 6) is 0. The van der Waals surface area contributed by atoms with Crippen molar-refractivity contribution in [3.05, 3.63) is 78.4 Å². The first kappa shape index (κ1) is 13.0. The van der Waals surface area contributed by atoms with Gasteiger partial charge in [0.1, 0.15) is 11.2 Å². The van der Waals surface area contributed by atoms with Crippen LogP contribution in [0.15, 0.2) is 77.2 Å². The van der Waals surface area contributed by atoms with Gasteiger partial charge in [-0.3, -0.25) is 0 Å². The molecule has 108 valence electrons. The molecule has 4 rings (SSSR count). The second-order valence-corrected chi connectivity index (χ2v) is 5.47. The molecule has 0 fully saturated rings. The molecule has 2 heteroatoms. The lowest BCUT2D eigenvalue weighted by molar-refractivity contribution is 0.669. The highest BCUT2D eigenvalue weighted by Gasteiger charge is 2.06. The number of furan rings is 1. The maximum Gasteiger partial charge on any atom is 0.135 e. The van der Waals surface area contributed by atoms with Gasteiger partial charge < -0.3 is 9.73 Å². The Balaban J connectivity index is 1.56. The molecule has 0 aliphatic heterocycles. The predicted octanol–water partition coefficient (Wildman–Crippen LogP) is 5.24. The van der Waals surface area contributed by atoms with Crippen LogP contribution in [0.25, 0.3) is 21.9 Å². The summed E-state index contributed by atoms with van der Waals surface area (Å²) in [4.78, 5) is 0. The fourth-order valence-electron chi connectivity index (χ4n) is 2.83. The topological polar surface area (TPSA) is 25.2 Å². The van der Waals surface area contributed by atoms with Crippen LogP contribution in [0.4, 0.5) is 5.69 Å². The Bertz CT molecular complexity index is 909. The molecule has 0 unspecified atom stereocenters. The lowest BCUT2D eigenvalue weighted by atomic mass is 10.1. The zero-order chi connectivity index (χ0) is 14.8. The van der Waals surface area contributed by atoms with Gasteiger partial charge in [-0.05, 0) is 36.2 Å². The van der Waals surface area contributed by atoms with E-state index in [2.05, 4.69) is 53.8 Å². The van der Waals surface area contributed by atoms with Gasteiger partial charge in [-0.2, -0.15) is 0 Å². The zero-order valence-corrected chi connectivity index (χ0v) is 12.3. The molecule has 0 radical (unpaired) electrons. The van der Waals surface area contributed by atoms with Crippen molar-refractivity contribution in [2.75, 3.05) is 11.9 Å². The van der Waals surface area contributed by atoms with Crippen molar-refractivity contribution in [2.45, 2.75) is 6.42 Å². The highest BCUT2D eigenvalue weighted by atomic mass is 16.3. The van der Waals surface area contributed by atoms with Gasteiger partial charge in [-0.25, -0.2) is 0 Å². The first-order chi connectivity index (χ1) is 10.9. The summed E-state index contributed by atoms with van der Waals surface area (Å²) in [5.41, 5.74) is 4.37. The normalized spacial score (nSPS) is 11.1. The van der Waals surface area contributed by atoms with Gasteiger partial charge in [0.25, 0.3) is 0 Å². The second kappa shape index (κ2) is 5.57. The van der Waals surface area contributed by atoms with Gasteiger partial charge in [0.15, 0.2) is 0 Å². The second-order valence-electron chi connectivity index (χ2n) is 5.47. The van der Waals surface area contributed by atoms with Crippen molar-refractivity contribution in [3.63, 3.8) is 0 Å². The Morgan fingerprint density at radius 2 is 1.50 bits per heavy atom. The Labute approximate surface area is 129 Å². The van der Waals surface area contributed by atoms with Crippen molar-refractivity contribution in [1.29, 1.82) is 0 Å². The molecular weight excluding hydrogens is 270 g/mol. The Hall–Kier alpha value is -2.74. The van der Waals surface area contributed by atoms with Crippen LogP contribution in [0, 0.1) is 0 Å². The fourth-order valence-corrected chi connectivity index (χ4v) is 2.83. The Kier molecular flexibility index (Phi) is 3.28. The van der Waals surface area contributed by atoms with Crippen molar-refractivity contribution in [1.82, 2.24) is 0 Å². The van der Waals surface area contributed by atoms with Crippen molar-refractivity contribution in [2.24, 2.45) is 0 Å². The van der Waals surface area contributed by atoms with E-state index in [0.717, 1.165) is 29.8 Å². The van der Waals surface area contributed by atoms with Gasteiger partial charge >= 0.3 is 0 Å². The summed E-state index contributed by atoms with van der Waals surface area (Å²) in [6, 6.07) is 25.0. The number of anilines is 1. The number of fused-ring (bicyclic) bond motifs is 3. The van der Waals surface area contributed by atoms with Crippen molar-refractivity contribution >= 4 is 27.6 Å². The third kappa shape index (κ3) is 2.44. The van der Waals surface area contributed by atoms with Crippen LogP contribution in [0.5, 0.6) is 0 Å². The van der Waals surface area contributed by atoms with Crippen molar-refractivity contribution in [3.8, 4) is 0 Å². The van der Waals surface area contributed by atoms with Crippen LogP contribution in [0.1, 0.15) is 5.56 Å². The molecule has 3 aromatic carbocycles. The molecule has 0 bridgehead atoms. The first-order valence-corrected chi connectivity index (χ1v) is 7.59. The molecule has 4 aromatic rings. The van der Waals surface area contributed by atoms with E-state index in [1.54, 1.807) is 0 Å². The van der Waals surface area contributed by atoms with Gasteiger partial charge in [0, 0.05) is 23.0 Å². The third-order valence-electron chi connectivity index (χ3n) is 3.96. The molecule has 0 saturated carbocycles. The minimum Gasteiger partial charge on any atom is -0.456 e. The smallest absolute Gasteiger partial charge is 0.135 e. The van der Waals surface area contributed by atoms with E-state index < -0.39 is 0 Å². The first-order valence-electron chi connectivity index (χ1n) is 7.59. The highest BCUT2D eigenvalue weighted by Crippen LogP contribution is 2.30. The molecule has 0 spiro atoms. The van der Waals surface area contributed by atoms with Crippen LogP contribution in [-0.2, 0) is 6.42 Å². The fraction of sp³-hybridized carbons (Fsp3) is 0.100. The van der Waals surface area contributed by atoms with E-state index in [-0.39, 0.29) is 0 Å². The number of nitrogens with one attached hydrogen (secondary N) is 1. The van der Waals surface area contributed by atoms with Gasteiger partial charge in [0.2, 0.25) is 0 Å². The SMILES string of the molecule is c1ccc(CCNc2ccc3oc4ccccc4c3c2)cc1. The molecule has 1 N–H and O–H groups in total. The lowest BCUT2D eigenvalue weighted by Gasteiger charge is -2.06. The number of para-hydroxylation sites is 1. The van der Waals surface area contributed by atoms with E-state index in [1.807, 2.05) is 24.3 Å². The molecule has 0 aliphatic rings. The largest absolute Gasteiger partial charge is 0.456 e. The average molecular weight is 287 g/mol. The average Bonchev–Trinajstić information content (AvgIpc) is 2.94. The van der Waals surface area contributed by atoms with Gasteiger partial charge in [-0.15, -0.1) is 0 Å². The Morgan fingerprint density at radius 1 is 0.727 bits per heavy atom. The third-order valence-corrected chi connectivity index (χ3v) is 3.96. The summed E-state index contributed by atoms with van der Waals surface area (Å²) in [7, 11) is 0. The lowest BCUT2D eigenvalue weighted by Crippen LogP contribution is -2.04. The van der Waals surface area contributed by atoms with Crippen LogP contribution >= 0.6 is 0 Å². The number of rotatable bonds is 4. The van der Waals surface area contributed by atoms with Crippen LogP contribution < -0.4 is 5.32 Å². The van der Waals surface area contributed by atoms with Crippen LogP contribution in [0.3, 0.4) is 0 Å².